The molecular weight excluding hydrogens is 455 g/mol. The van der Waals surface area contributed by atoms with Crippen LogP contribution in [-0.4, -0.2) is 0 Å². The molecule has 0 amide bonds. The third-order valence-corrected chi connectivity index (χ3v) is 9.42. The SMILES string of the molecule is C=C(C)[C@@H]1CCC(C)=C(OP(=O)(OC2=C(C)CC[C@@H](C(=C)C)C2)OC2=C(C)CC[C@@H](C(=C)C)C2)C1. The molecule has 0 unspecified atom stereocenters. The fourth-order valence-electron chi connectivity index (χ4n) is 5.16. The molecule has 0 aliphatic heterocycles. The first-order chi connectivity index (χ1) is 16.4. The van der Waals surface area contributed by atoms with Crippen LogP contribution in [0.5, 0.6) is 0 Å². The Morgan fingerprint density at radius 3 is 1.11 bits per heavy atom. The topological polar surface area (TPSA) is 44.8 Å². The summed E-state index contributed by atoms with van der Waals surface area (Å²) in [7, 11) is -3.97. The van der Waals surface area contributed by atoms with Gasteiger partial charge in [0.1, 0.15) is 17.3 Å². The van der Waals surface area contributed by atoms with Crippen molar-refractivity contribution < 1.29 is 18.1 Å². The van der Waals surface area contributed by atoms with Crippen LogP contribution >= 0.6 is 7.82 Å². The Bertz CT molecular complexity index is 897. The molecule has 3 aliphatic carbocycles. The maximum Gasteiger partial charge on any atom is 0.646 e. The predicted octanol–water partition coefficient (Wildman–Crippen LogP) is 10.1. The van der Waals surface area contributed by atoms with Gasteiger partial charge in [0.2, 0.25) is 0 Å². The molecule has 3 rings (SSSR count). The van der Waals surface area contributed by atoms with Crippen molar-refractivity contribution in [1.29, 1.82) is 0 Å². The Hall–Kier alpha value is -1.93. The summed E-state index contributed by atoms with van der Waals surface area (Å²) < 4.78 is 33.4. The third kappa shape index (κ3) is 7.06. The summed E-state index contributed by atoms with van der Waals surface area (Å²) in [6.45, 7) is 24.8. The number of rotatable bonds is 9. The van der Waals surface area contributed by atoms with Crippen LogP contribution in [0.15, 0.2) is 70.5 Å². The van der Waals surface area contributed by atoms with E-state index in [2.05, 4.69) is 61.3 Å². The number of hydrogen-bond donors (Lipinski definition) is 0. The highest BCUT2D eigenvalue weighted by Gasteiger charge is 2.40. The molecule has 0 radical (unpaired) electrons. The van der Waals surface area contributed by atoms with Gasteiger partial charge in [0.05, 0.1) is 0 Å². The van der Waals surface area contributed by atoms with Crippen LogP contribution in [0.2, 0.25) is 0 Å². The lowest BCUT2D eigenvalue weighted by Crippen LogP contribution is -2.17. The Morgan fingerprint density at radius 1 is 0.629 bits per heavy atom. The molecule has 194 valence electrons. The van der Waals surface area contributed by atoms with Crippen molar-refractivity contribution in [3.63, 3.8) is 0 Å². The zero-order valence-electron chi connectivity index (χ0n) is 22.8. The van der Waals surface area contributed by atoms with E-state index in [1.165, 1.54) is 0 Å². The van der Waals surface area contributed by atoms with E-state index in [1.54, 1.807) is 0 Å². The van der Waals surface area contributed by atoms with Crippen LogP contribution in [0.4, 0.5) is 0 Å². The van der Waals surface area contributed by atoms with Gasteiger partial charge < -0.3 is 13.6 Å². The number of phosphoric ester groups is 1. The molecule has 0 saturated heterocycles. The van der Waals surface area contributed by atoms with E-state index in [-0.39, 0.29) is 0 Å². The summed E-state index contributed by atoms with van der Waals surface area (Å²) in [5.74, 6) is 3.12. The zero-order chi connectivity index (χ0) is 25.9. The highest BCUT2D eigenvalue weighted by molar-refractivity contribution is 7.48. The molecule has 0 spiro atoms. The second-order valence-corrected chi connectivity index (χ2v) is 12.6. The second kappa shape index (κ2) is 11.4. The second-order valence-electron chi connectivity index (χ2n) is 11.2. The standard InChI is InChI=1S/C30H45O4P/c1-19(2)25-13-10-22(7)28(16-25)32-35(31,33-29-17-26(20(3)4)14-11-23(29)8)34-30-18-27(21(5)6)15-12-24(30)9/h25-27H,1,3,5,10-18H2,2,4,6-9H3/t25-,26-,27-/m1/s1. The van der Waals surface area contributed by atoms with Crippen LogP contribution in [0.3, 0.4) is 0 Å². The average molecular weight is 501 g/mol. The molecule has 0 fully saturated rings. The maximum absolute atomic E-state index is 14.4. The molecule has 0 N–H and O–H groups in total. The number of phosphoric acid groups is 1. The highest BCUT2D eigenvalue weighted by Crippen LogP contribution is 2.59. The number of allylic oxidation sites excluding steroid dienone is 9. The molecule has 3 aliphatic rings. The van der Waals surface area contributed by atoms with Gasteiger partial charge in [-0.25, -0.2) is 0 Å². The summed E-state index contributed by atoms with van der Waals surface area (Å²) in [5.41, 5.74) is 6.70. The molecule has 3 atom stereocenters. The van der Waals surface area contributed by atoms with Crippen LogP contribution in [-0.2, 0) is 18.1 Å². The van der Waals surface area contributed by atoms with Gasteiger partial charge in [0.25, 0.3) is 0 Å². The summed E-state index contributed by atoms with van der Waals surface area (Å²) in [4.78, 5) is 0. The molecule has 0 bridgehead atoms. The van der Waals surface area contributed by atoms with Crippen LogP contribution in [0, 0.1) is 17.8 Å². The lowest BCUT2D eigenvalue weighted by molar-refractivity contribution is 0.164. The van der Waals surface area contributed by atoms with Crippen molar-refractivity contribution in [2.24, 2.45) is 17.8 Å². The normalized spacial score (nSPS) is 25.9. The summed E-state index contributed by atoms with van der Waals surface area (Å²) >= 11 is 0. The van der Waals surface area contributed by atoms with Gasteiger partial charge in [-0.05, 0) is 115 Å². The number of hydrogen-bond acceptors (Lipinski definition) is 4. The Labute approximate surface area is 213 Å². The van der Waals surface area contributed by atoms with E-state index in [0.29, 0.717) is 37.0 Å². The smallest absolute Gasteiger partial charge is 0.391 e. The maximum atomic E-state index is 14.4. The van der Waals surface area contributed by atoms with Gasteiger partial charge in [-0.2, -0.15) is 4.57 Å². The molecule has 0 heterocycles. The largest absolute Gasteiger partial charge is 0.646 e. The Morgan fingerprint density at radius 2 is 0.886 bits per heavy atom. The monoisotopic (exact) mass is 500 g/mol. The minimum Gasteiger partial charge on any atom is -0.391 e. The molecule has 0 aromatic rings. The van der Waals surface area contributed by atoms with Gasteiger partial charge in [-0.15, -0.1) is 0 Å². The highest BCUT2D eigenvalue weighted by atomic mass is 31.2. The van der Waals surface area contributed by atoms with Crippen molar-refractivity contribution in [1.82, 2.24) is 0 Å². The van der Waals surface area contributed by atoms with E-state index < -0.39 is 7.82 Å². The van der Waals surface area contributed by atoms with Crippen molar-refractivity contribution in [3.8, 4) is 0 Å². The van der Waals surface area contributed by atoms with Crippen molar-refractivity contribution in [2.75, 3.05) is 0 Å². The third-order valence-electron chi connectivity index (χ3n) is 8.08. The first kappa shape index (κ1) is 27.7. The van der Waals surface area contributed by atoms with Crippen molar-refractivity contribution >= 4 is 7.82 Å². The van der Waals surface area contributed by atoms with Gasteiger partial charge in [0.15, 0.2) is 0 Å². The van der Waals surface area contributed by atoms with Gasteiger partial charge in [-0.3, -0.25) is 0 Å². The lowest BCUT2D eigenvalue weighted by Gasteiger charge is -2.33. The summed E-state index contributed by atoms with van der Waals surface area (Å²) in [6, 6.07) is 0. The summed E-state index contributed by atoms with van der Waals surface area (Å²) in [5, 5.41) is 0. The average Bonchev–Trinajstić information content (AvgIpc) is 2.77. The van der Waals surface area contributed by atoms with Crippen molar-refractivity contribution in [3.05, 3.63) is 70.5 Å². The molecule has 0 saturated carbocycles. The molecule has 35 heavy (non-hydrogen) atoms. The quantitative estimate of drug-likeness (QED) is 0.233. The van der Waals surface area contributed by atoms with E-state index in [1.807, 2.05) is 0 Å². The fourth-order valence-corrected chi connectivity index (χ4v) is 6.77. The van der Waals surface area contributed by atoms with E-state index in [0.717, 1.165) is 89.2 Å². The summed E-state index contributed by atoms with van der Waals surface area (Å²) in [6.07, 6.45) is 7.83. The molecule has 0 aromatic carbocycles. The van der Waals surface area contributed by atoms with E-state index in [9.17, 15) is 4.57 Å². The Kier molecular flexibility index (Phi) is 9.02. The van der Waals surface area contributed by atoms with E-state index >= 15 is 0 Å². The fraction of sp³-hybridized carbons (Fsp3) is 0.600. The zero-order valence-corrected chi connectivity index (χ0v) is 23.7. The molecular formula is C30H45O4P. The minimum absolute atomic E-state index is 0.314. The van der Waals surface area contributed by atoms with Gasteiger partial charge in [0, 0.05) is 19.3 Å². The van der Waals surface area contributed by atoms with Crippen molar-refractivity contribution in [2.45, 2.75) is 99.3 Å². The van der Waals surface area contributed by atoms with Gasteiger partial charge in [-0.1, -0.05) is 36.5 Å². The predicted molar refractivity (Wildman–Crippen MR) is 145 cm³/mol. The van der Waals surface area contributed by atoms with Crippen LogP contribution in [0.1, 0.15) is 99.3 Å². The molecule has 0 aromatic heterocycles. The van der Waals surface area contributed by atoms with Crippen LogP contribution < -0.4 is 0 Å². The van der Waals surface area contributed by atoms with E-state index in [4.69, 9.17) is 13.6 Å². The molecule has 5 heteroatoms. The lowest BCUT2D eigenvalue weighted by atomic mass is 9.85. The first-order valence-corrected chi connectivity index (χ1v) is 14.6. The molecule has 4 nitrogen and oxygen atoms in total. The minimum atomic E-state index is -3.97. The first-order valence-electron chi connectivity index (χ1n) is 13.1. The van der Waals surface area contributed by atoms with Crippen LogP contribution in [0.25, 0.3) is 0 Å². The Balaban J connectivity index is 1.93. The van der Waals surface area contributed by atoms with Gasteiger partial charge >= 0.3 is 7.82 Å².